The van der Waals surface area contributed by atoms with Crippen molar-refractivity contribution in [1.82, 2.24) is 9.38 Å². The first kappa shape index (κ1) is 9.96. The van der Waals surface area contributed by atoms with E-state index in [1.807, 2.05) is 0 Å². The molecule has 5 heteroatoms. The van der Waals surface area contributed by atoms with E-state index in [0.717, 1.165) is 0 Å². The number of alkyl halides is 1. The lowest BCUT2D eigenvalue weighted by Crippen LogP contribution is -2.00. The zero-order chi connectivity index (χ0) is 11.3. The second kappa shape index (κ2) is 3.13. The van der Waals surface area contributed by atoms with Gasteiger partial charge in [0.05, 0.1) is 4.47 Å². The molecule has 1 aliphatic carbocycles. The molecule has 0 atom stereocenters. The van der Waals surface area contributed by atoms with Crippen LogP contribution < -0.4 is 0 Å². The molecule has 1 fully saturated rings. The summed E-state index contributed by atoms with van der Waals surface area (Å²) in [4.78, 5) is 14.7. The fourth-order valence-electron chi connectivity index (χ4n) is 1.78. The molecule has 82 valence electrons. The Balaban J connectivity index is 2.24. The van der Waals surface area contributed by atoms with Crippen molar-refractivity contribution in [2.24, 2.45) is 0 Å². The normalized spacial score (nSPS) is 17.6. The smallest absolute Gasteiger partial charge is 0.170 e. The lowest BCUT2D eigenvalue weighted by molar-refractivity contribution is 0.111. The van der Waals surface area contributed by atoms with E-state index < -0.39 is 5.67 Å². The van der Waals surface area contributed by atoms with Crippen LogP contribution in [0.25, 0.3) is 5.65 Å². The minimum absolute atomic E-state index is 0.349. The minimum atomic E-state index is -1.18. The molecule has 0 saturated heterocycles. The van der Waals surface area contributed by atoms with Crippen LogP contribution in [0.2, 0.25) is 0 Å². The van der Waals surface area contributed by atoms with Crippen LogP contribution in [0.1, 0.15) is 28.9 Å². The Morgan fingerprint density at radius 2 is 2.25 bits per heavy atom. The zero-order valence-electron chi connectivity index (χ0n) is 8.28. The van der Waals surface area contributed by atoms with Crippen molar-refractivity contribution >= 4 is 27.9 Å². The highest BCUT2D eigenvalue weighted by Crippen LogP contribution is 2.50. The van der Waals surface area contributed by atoms with Crippen LogP contribution in [0.3, 0.4) is 0 Å². The maximum absolute atomic E-state index is 13.9. The van der Waals surface area contributed by atoms with Gasteiger partial charge in [0.1, 0.15) is 11.4 Å². The molecule has 0 N–H and O–H groups in total. The molecular formula is C11H8BrFN2O. The van der Waals surface area contributed by atoms with Crippen LogP contribution >= 0.6 is 15.9 Å². The van der Waals surface area contributed by atoms with Crippen LogP contribution in [-0.2, 0) is 5.67 Å². The third-order valence-corrected chi connectivity index (χ3v) is 3.44. The topological polar surface area (TPSA) is 34.4 Å². The predicted octanol–water partition coefficient (Wildman–Crippen LogP) is 2.87. The maximum atomic E-state index is 13.9. The Bertz CT molecular complexity index is 589. The quantitative estimate of drug-likeness (QED) is 0.794. The zero-order valence-corrected chi connectivity index (χ0v) is 9.87. The van der Waals surface area contributed by atoms with Gasteiger partial charge in [0.15, 0.2) is 11.9 Å². The van der Waals surface area contributed by atoms with E-state index in [4.69, 9.17) is 0 Å². The summed E-state index contributed by atoms with van der Waals surface area (Å²) in [6, 6.07) is 1.74. The van der Waals surface area contributed by atoms with Gasteiger partial charge in [-0.05, 0) is 34.8 Å². The molecule has 16 heavy (non-hydrogen) atoms. The Labute approximate surface area is 99.4 Å². The Hall–Kier alpha value is -1.23. The van der Waals surface area contributed by atoms with Crippen LogP contribution in [0.4, 0.5) is 4.39 Å². The summed E-state index contributed by atoms with van der Waals surface area (Å²) < 4.78 is 16.3. The number of halogens is 2. The van der Waals surface area contributed by atoms with Gasteiger partial charge in [-0.15, -0.1) is 0 Å². The molecule has 0 spiro atoms. The second-order valence-corrected chi connectivity index (χ2v) is 4.91. The molecule has 0 aromatic carbocycles. The van der Waals surface area contributed by atoms with Crippen molar-refractivity contribution in [2.75, 3.05) is 0 Å². The van der Waals surface area contributed by atoms with E-state index in [1.165, 1.54) is 0 Å². The van der Waals surface area contributed by atoms with E-state index >= 15 is 0 Å². The molecule has 2 aromatic rings. The molecule has 0 bridgehead atoms. The second-order valence-electron chi connectivity index (χ2n) is 4.06. The minimum Gasteiger partial charge on any atom is -0.305 e. The maximum Gasteiger partial charge on any atom is 0.170 e. The number of aldehydes is 1. The number of carbonyl (C=O) groups excluding carboxylic acids is 1. The third-order valence-electron chi connectivity index (χ3n) is 2.85. The van der Waals surface area contributed by atoms with Crippen LogP contribution in [-0.4, -0.2) is 15.7 Å². The Morgan fingerprint density at radius 3 is 2.88 bits per heavy atom. The average Bonchev–Trinajstić information content (AvgIpc) is 2.87. The van der Waals surface area contributed by atoms with E-state index in [9.17, 15) is 9.18 Å². The molecule has 0 aliphatic heterocycles. The van der Waals surface area contributed by atoms with Gasteiger partial charge in [0.25, 0.3) is 0 Å². The van der Waals surface area contributed by atoms with Crippen molar-refractivity contribution in [1.29, 1.82) is 0 Å². The predicted molar refractivity (Wildman–Crippen MR) is 60.3 cm³/mol. The first-order valence-corrected chi connectivity index (χ1v) is 5.74. The lowest BCUT2D eigenvalue weighted by atomic mass is 10.1. The molecule has 1 aliphatic rings. The van der Waals surface area contributed by atoms with Crippen LogP contribution in [0.5, 0.6) is 0 Å². The first-order chi connectivity index (χ1) is 7.62. The summed E-state index contributed by atoms with van der Waals surface area (Å²) in [6.45, 7) is 0. The highest BCUT2D eigenvalue weighted by atomic mass is 79.9. The van der Waals surface area contributed by atoms with Crippen molar-refractivity contribution in [2.45, 2.75) is 18.5 Å². The van der Waals surface area contributed by atoms with Crippen molar-refractivity contribution in [3.05, 3.63) is 34.2 Å². The van der Waals surface area contributed by atoms with E-state index in [-0.39, 0.29) is 0 Å². The number of aromatic nitrogens is 2. The number of hydrogen-bond donors (Lipinski definition) is 0. The number of hydrogen-bond acceptors (Lipinski definition) is 2. The first-order valence-electron chi connectivity index (χ1n) is 4.95. The number of fused-ring (bicyclic) bond motifs is 1. The molecule has 2 heterocycles. The van der Waals surface area contributed by atoms with Gasteiger partial charge in [-0.1, -0.05) is 0 Å². The molecule has 3 rings (SSSR count). The van der Waals surface area contributed by atoms with E-state index in [0.29, 0.717) is 40.5 Å². The molecule has 3 nitrogen and oxygen atoms in total. The summed E-state index contributed by atoms with van der Waals surface area (Å²) in [5, 5.41) is 0. The van der Waals surface area contributed by atoms with Crippen molar-refractivity contribution in [3.63, 3.8) is 0 Å². The molecule has 0 amide bonds. The molecule has 2 aromatic heterocycles. The molecule has 1 saturated carbocycles. The number of carbonyl (C=O) groups is 1. The number of pyridine rings is 1. The molecule has 0 radical (unpaired) electrons. The summed E-state index contributed by atoms with van der Waals surface area (Å²) in [7, 11) is 0. The van der Waals surface area contributed by atoms with Gasteiger partial charge in [-0.2, -0.15) is 0 Å². The van der Waals surface area contributed by atoms with Gasteiger partial charge in [-0.3, -0.25) is 4.79 Å². The van der Waals surface area contributed by atoms with Crippen LogP contribution in [0.15, 0.2) is 22.9 Å². The van der Waals surface area contributed by atoms with Gasteiger partial charge in [0, 0.05) is 18.0 Å². The average molecular weight is 283 g/mol. The summed E-state index contributed by atoms with van der Waals surface area (Å²) in [6.07, 6.45) is 5.12. The van der Waals surface area contributed by atoms with Crippen LogP contribution in [0, 0.1) is 0 Å². The van der Waals surface area contributed by atoms with E-state index in [2.05, 4.69) is 20.9 Å². The Kier molecular flexibility index (Phi) is 1.95. The third kappa shape index (κ3) is 1.38. The van der Waals surface area contributed by atoms with Gasteiger partial charge in [0.2, 0.25) is 0 Å². The summed E-state index contributed by atoms with van der Waals surface area (Å²) >= 11 is 3.34. The van der Waals surface area contributed by atoms with Crippen molar-refractivity contribution in [3.8, 4) is 0 Å². The standard InChI is InChI=1S/C11H8BrFN2O/c12-9-3-7(11(13)1-2-11)4-15-5-8(6-16)14-10(9)15/h3-6H,1-2H2. The SMILES string of the molecule is O=Cc1cn2cc(C3(F)CC3)cc(Br)c2n1. The fourth-order valence-corrected chi connectivity index (χ4v) is 2.32. The van der Waals surface area contributed by atoms with E-state index in [1.54, 1.807) is 22.9 Å². The monoisotopic (exact) mass is 282 g/mol. The number of nitrogens with zero attached hydrogens (tertiary/aromatic N) is 2. The highest BCUT2D eigenvalue weighted by Gasteiger charge is 2.45. The van der Waals surface area contributed by atoms with Gasteiger partial charge >= 0.3 is 0 Å². The highest BCUT2D eigenvalue weighted by molar-refractivity contribution is 9.10. The number of imidazole rings is 1. The Morgan fingerprint density at radius 1 is 1.50 bits per heavy atom. The number of rotatable bonds is 2. The van der Waals surface area contributed by atoms with Gasteiger partial charge in [-0.25, -0.2) is 9.37 Å². The molecular weight excluding hydrogens is 275 g/mol. The summed E-state index contributed by atoms with van der Waals surface area (Å²) in [5.74, 6) is 0. The van der Waals surface area contributed by atoms with Crippen molar-refractivity contribution < 1.29 is 9.18 Å². The molecule has 0 unspecified atom stereocenters. The van der Waals surface area contributed by atoms with Gasteiger partial charge < -0.3 is 4.40 Å². The fraction of sp³-hybridized carbons (Fsp3) is 0.273. The summed E-state index contributed by atoms with van der Waals surface area (Å²) in [5.41, 5.74) is 0.445. The lowest BCUT2D eigenvalue weighted by Gasteiger charge is -2.07. The largest absolute Gasteiger partial charge is 0.305 e.